The normalized spacial score (nSPS) is 27.8. The van der Waals surface area contributed by atoms with Gasteiger partial charge in [0.2, 0.25) is 5.91 Å². The first-order chi connectivity index (χ1) is 6.99. The third-order valence-electron chi connectivity index (χ3n) is 2.54. The van der Waals surface area contributed by atoms with Gasteiger partial charge in [-0.3, -0.25) is 4.79 Å². The van der Waals surface area contributed by atoms with E-state index >= 15 is 0 Å². The van der Waals surface area contributed by atoms with Crippen molar-refractivity contribution < 1.29 is 14.7 Å². The van der Waals surface area contributed by atoms with Crippen LogP contribution in [0.3, 0.4) is 0 Å². The van der Waals surface area contributed by atoms with E-state index in [2.05, 4.69) is 0 Å². The molecule has 3 unspecified atom stereocenters. The quantitative estimate of drug-likeness (QED) is 0.713. The number of carbonyl (C=O) groups excluding carboxylic acids is 1. The molecule has 0 aromatic rings. The van der Waals surface area contributed by atoms with Crippen LogP contribution in [0.2, 0.25) is 0 Å². The number of hydrogen-bond acceptors (Lipinski definition) is 4. The zero-order valence-corrected chi connectivity index (χ0v) is 9.66. The predicted octanol–water partition coefficient (Wildman–Crippen LogP) is -0.0442. The Morgan fingerprint density at radius 3 is 2.73 bits per heavy atom. The van der Waals surface area contributed by atoms with Crippen molar-refractivity contribution in [2.45, 2.75) is 25.3 Å². The molecule has 1 rings (SSSR count). The molecule has 0 aliphatic carbocycles. The maximum absolute atomic E-state index is 11.9. The Morgan fingerprint density at radius 2 is 2.27 bits per heavy atom. The third kappa shape index (κ3) is 2.43. The number of aliphatic carboxylic acids is 1. The molecule has 5 nitrogen and oxygen atoms in total. The van der Waals surface area contributed by atoms with Gasteiger partial charge in [-0.25, -0.2) is 4.79 Å². The van der Waals surface area contributed by atoms with Crippen LogP contribution in [0.5, 0.6) is 0 Å². The van der Waals surface area contributed by atoms with Gasteiger partial charge < -0.3 is 15.7 Å². The summed E-state index contributed by atoms with van der Waals surface area (Å²) < 4.78 is 0. The maximum atomic E-state index is 11.9. The van der Waals surface area contributed by atoms with Crippen LogP contribution in [-0.4, -0.2) is 45.6 Å². The van der Waals surface area contributed by atoms with Gasteiger partial charge in [-0.05, 0) is 6.92 Å². The van der Waals surface area contributed by atoms with Crippen LogP contribution in [0.15, 0.2) is 0 Å². The van der Waals surface area contributed by atoms with Crippen LogP contribution in [0.1, 0.15) is 13.8 Å². The molecule has 3 N–H and O–H groups in total. The highest BCUT2D eigenvalue weighted by molar-refractivity contribution is 8.00. The molecular weight excluding hydrogens is 216 g/mol. The van der Waals surface area contributed by atoms with E-state index in [1.54, 1.807) is 6.92 Å². The highest BCUT2D eigenvalue weighted by atomic mass is 32.2. The fraction of sp³-hybridized carbons (Fsp3) is 0.778. The minimum atomic E-state index is -0.940. The van der Waals surface area contributed by atoms with E-state index < -0.39 is 12.0 Å². The number of thioether (sulfide) groups is 1. The monoisotopic (exact) mass is 232 g/mol. The average molecular weight is 232 g/mol. The molecule has 0 aromatic carbocycles. The van der Waals surface area contributed by atoms with Gasteiger partial charge in [-0.2, -0.15) is 0 Å². The van der Waals surface area contributed by atoms with E-state index in [0.29, 0.717) is 5.75 Å². The van der Waals surface area contributed by atoms with Crippen LogP contribution in [0.25, 0.3) is 0 Å². The standard InChI is InChI=1S/C9H16N2O3S/c1-5(3-10)8(12)11-6(2)15-4-7(11)9(13)14/h5-7H,3-4,10H2,1-2H3,(H,13,14). The van der Waals surface area contributed by atoms with E-state index in [-0.39, 0.29) is 23.7 Å². The largest absolute Gasteiger partial charge is 0.480 e. The Morgan fingerprint density at radius 1 is 1.67 bits per heavy atom. The Bertz CT molecular complexity index is 272. The Labute approximate surface area is 93.0 Å². The lowest BCUT2D eigenvalue weighted by molar-refractivity contribution is -0.150. The Balaban J connectivity index is 2.80. The van der Waals surface area contributed by atoms with Crippen molar-refractivity contribution in [3.63, 3.8) is 0 Å². The fourth-order valence-electron chi connectivity index (χ4n) is 1.52. The molecule has 15 heavy (non-hydrogen) atoms. The summed E-state index contributed by atoms with van der Waals surface area (Å²) in [7, 11) is 0. The summed E-state index contributed by atoms with van der Waals surface area (Å²) >= 11 is 1.48. The number of carboxylic acids is 1. The zero-order valence-electron chi connectivity index (χ0n) is 8.84. The number of nitrogens with two attached hydrogens (primary N) is 1. The predicted molar refractivity (Wildman–Crippen MR) is 58.4 cm³/mol. The van der Waals surface area contributed by atoms with E-state index in [0.717, 1.165) is 0 Å². The Kier molecular flexibility index (Phi) is 3.98. The first-order valence-corrected chi connectivity index (χ1v) is 5.90. The van der Waals surface area contributed by atoms with Crippen molar-refractivity contribution in [1.29, 1.82) is 0 Å². The van der Waals surface area contributed by atoms with Gasteiger partial charge >= 0.3 is 5.97 Å². The number of nitrogens with zero attached hydrogens (tertiary/aromatic N) is 1. The molecule has 1 fully saturated rings. The first kappa shape index (κ1) is 12.3. The second-order valence-corrected chi connectivity index (χ2v) is 5.02. The van der Waals surface area contributed by atoms with Crippen LogP contribution >= 0.6 is 11.8 Å². The van der Waals surface area contributed by atoms with E-state index in [1.165, 1.54) is 16.7 Å². The van der Waals surface area contributed by atoms with Gasteiger partial charge in [0.25, 0.3) is 0 Å². The van der Waals surface area contributed by atoms with Crippen molar-refractivity contribution >= 4 is 23.6 Å². The van der Waals surface area contributed by atoms with Crippen molar-refractivity contribution in [3.8, 4) is 0 Å². The van der Waals surface area contributed by atoms with Crippen molar-refractivity contribution in [1.82, 2.24) is 4.90 Å². The molecule has 3 atom stereocenters. The number of amides is 1. The minimum absolute atomic E-state index is 0.0763. The van der Waals surface area contributed by atoms with Gasteiger partial charge in [0, 0.05) is 18.2 Å². The van der Waals surface area contributed by atoms with Crippen LogP contribution in [0, 0.1) is 5.92 Å². The summed E-state index contributed by atoms with van der Waals surface area (Å²) in [4.78, 5) is 24.2. The van der Waals surface area contributed by atoms with Crippen molar-refractivity contribution in [2.75, 3.05) is 12.3 Å². The van der Waals surface area contributed by atoms with Gasteiger partial charge in [0.15, 0.2) is 0 Å². The summed E-state index contributed by atoms with van der Waals surface area (Å²) in [6.45, 7) is 3.81. The minimum Gasteiger partial charge on any atom is -0.480 e. The lowest BCUT2D eigenvalue weighted by Gasteiger charge is -2.27. The summed E-state index contributed by atoms with van der Waals surface area (Å²) in [5.41, 5.74) is 5.41. The van der Waals surface area contributed by atoms with Crippen LogP contribution in [0.4, 0.5) is 0 Å². The number of carbonyl (C=O) groups is 2. The molecule has 1 aliphatic rings. The highest BCUT2D eigenvalue weighted by Gasteiger charge is 2.40. The third-order valence-corrected chi connectivity index (χ3v) is 3.76. The summed E-state index contributed by atoms with van der Waals surface area (Å²) in [6.07, 6.45) is 0. The topological polar surface area (TPSA) is 83.6 Å². The zero-order chi connectivity index (χ0) is 11.6. The van der Waals surface area contributed by atoms with E-state index in [9.17, 15) is 9.59 Å². The van der Waals surface area contributed by atoms with Gasteiger partial charge in [0.05, 0.1) is 5.37 Å². The average Bonchev–Trinajstić information content (AvgIpc) is 2.58. The molecule has 1 aliphatic heterocycles. The second-order valence-electron chi connectivity index (χ2n) is 3.67. The van der Waals surface area contributed by atoms with Crippen molar-refractivity contribution in [2.24, 2.45) is 11.7 Å². The molecule has 0 radical (unpaired) electrons. The number of carboxylic acid groups (broad SMARTS) is 1. The second kappa shape index (κ2) is 4.85. The van der Waals surface area contributed by atoms with Gasteiger partial charge in [0.1, 0.15) is 6.04 Å². The van der Waals surface area contributed by atoms with Gasteiger partial charge in [-0.15, -0.1) is 11.8 Å². The SMILES string of the molecule is CC(CN)C(=O)N1C(C)SCC1C(=O)O. The molecule has 0 aromatic heterocycles. The van der Waals surface area contributed by atoms with Crippen molar-refractivity contribution in [3.05, 3.63) is 0 Å². The maximum Gasteiger partial charge on any atom is 0.327 e. The van der Waals surface area contributed by atoms with E-state index in [4.69, 9.17) is 10.8 Å². The Hall–Kier alpha value is -0.750. The summed E-state index contributed by atoms with van der Waals surface area (Å²) in [6, 6.07) is -0.702. The summed E-state index contributed by atoms with van der Waals surface area (Å²) in [5, 5.41) is 8.89. The van der Waals surface area contributed by atoms with E-state index in [1.807, 2.05) is 6.92 Å². The number of rotatable bonds is 3. The lowest BCUT2D eigenvalue weighted by Crippen LogP contribution is -2.48. The molecule has 0 bridgehead atoms. The number of hydrogen-bond donors (Lipinski definition) is 2. The van der Waals surface area contributed by atoms with Crippen LogP contribution in [-0.2, 0) is 9.59 Å². The molecule has 1 heterocycles. The summed E-state index contributed by atoms with van der Waals surface area (Å²) in [5.74, 6) is -0.959. The molecule has 0 saturated carbocycles. The van der Waals surface area contributed by atoms with Crippen LogP contribution < -0.4 is 5.73 Å². The highest BCUT2D eigenvalue weighted by Crippen LogP contribution is 2.29. The molecule has 6 heteroatoms. The molecule has 1 amide bonds. The first-order valence-electron chi connectivity index (χ1n) is 4.85. The molecule has 0 spiro atoms. The molecular formula is C9H16N2O3S. The molecule has 1 saturated heterocycles. The molecule has 86 valence electrons. The smallest absolute Gasteiger partial charge is 0.327 e. The fourth-order valence-corrected chi connectivity index (χ4v) is 2.70. The van der Waals surface area contributed by atoms with Gasteiger partial charge in [-0.1, -0.05) is 6.92 Å². The lowest BCUT2D eigenvalue weighted by atomic mass is 10.1.